The molecule has 7 nitrogen and oxygen atoms in total. The molecule has 2 aromatic heterocycles. The Morgan fingerprint density at radius 2 is 2.04 bits per heavy atom. The van der Waals surface area contributed by atoms with Gasteiger partial charge in [-0.15, -0.1) is 5.10 Å². The SMILES string of the molecule is Cc1ccc(-n2nnnc2SCc2nc(-c3cccc(Cl)c3)no2)c(C)c1. The third-order valence-electron chi connectivity index (χ3n) is 3.90. The van der Waals surface area contributed by atoms with Gasteiger partial charge in [-0.05, 0) is 48.0 Å². The Kier molecular flexibility index (Phi) is 4.91. The van der Waals surface area contributed by atoms with Crippen LogP contribution in [0, 0.1) is 13.8 Å². The highest BCUT2D eigenvalue weighted by Crippen LogP contribution is 2.25. The second-order valence-electron chi connectivity index (χ2n) is 5.97. The third kappa shape index (κ3) is 3.86. The smallest absolute Gasteiger partial charge is 0.237 e. The van der Waals surface area contributed by atoms with Gasteiger partial charge in [0.2, 0.25) is 16.9 Å². The average molecular weight is 399 g/mol. The van der Waals surface area contributed by atoms with Crippen molar-refractivity contribution in [3.63, 3.8) is 0 Å². The van der Waals surface area contributed by atoms with Crippen molar-refractivity contribution in [3.8, 4) is 17.1 Å². The van der Waals surface area contributed by atoms with Gasteiger partial charge >= 0.3 is 0 Å². The maximum Gasteiger partial charge on any atom is 0.237 e. The first-order valence-electron chi connectivity index (χ1n) is 8.17. The van der Waals surface area contributed by atoms with Crippen molar-refractivity contribution < 1.29 is 4.52 Å². The van der Waals surface area contributed by atoms with Gasteiger partial charge in [-0.1, -0.05) is 58.3 Å². The summed E-state index contributed by atoms with van der Waals surface area (Å²) in [6.07, 6.45) is 0. The van der Waals surface area contributed by atoms with E-state index in [0.717, 1.165) is 16.8 Å². The molecule has 0 spiro atoms. The zero-order valence-electron chi connectivity index (χ0n) is 14.6. The first-order valence-corrected chi connectivity index (χ1v) is 9.54. The Hall–Kier alpha value is -2.71. The van der Waals surface area contributed by atoms with Gasteiger partial charge in [0.25, 0.3) is 0 Å². The first kappa shape index (κ1) is 17.7. The summed E-state index contributed by atoms with van der Waals surface area (Å²) >= 11 is 7.44. The predicted octanol–water partition coefficient (Wildman–Crippen LogP) is 4.27. The van der Waals surface area contributed by atoms with E-state index >= 15 is 0 Å². The Bertz CT molecular complexity index is 1090. The fourth-order valence-corrected chi connectivity index (χ4v) is 3.56. The van der Waals surface area contributed by atoms with E-state index < -0.39 is 0 Å². The summed E-state index contributed by atoms with van der Waals surface area (Å²) in [6, 6.07) is 13.5. The molecular formula is C18H15ClN6OS. The van der Waals surface area contributed by atoms with E-state index in [-0.39, 0.29) is 0 Å². The van der Waals surface area contributed by atoms with Crippen molar-refractivity contribution >= 4 is 23.4 Å². The Balaban J connectivity index is 1.51. The first-order chi connectivity index (χ1) is 13.1. The molecule has 0 aliphatic heterocycles. The van der Waals surface area contributed by atoms with E-state index in [0.29, 0.717) is 27.6 Å². The molecule has 0 radical (unpaired) electrons. The summed E-state index contributed by atoms with van der Waals surface area (Å²) in [5.41, 5.74) is 4.05. The molecule has 0 fully saturated rings. The number of nitrogens with zero attached hydrogens (tertiary/aromatic N) is 6. The Labute approximate surface area is 164 Å². The predicted molar refractivity (Wildman–Crippen MR) is 103 cm³/mol. The van der Waals surface area contributed by atoms with E-state index in [1.165, 1.54) is 17.3 Å². The lowest BCUT2D eigenvalue weighted by Gasteiger charge is -2.07. The number of benzene rings is 2. The van der Waals surface area contributed by atoms with Gasteiger partial charge < -0.3 is 4.52 Å². The monoisotopic (exact) mass is 398 g/mol. The van der Waals surface area contributed by atoms with Crippen LogP contribution in [0.5, 0.6) is 0 Å². The van der Waals surface area contributed by atoms with Crippen LogP contribution in [0.25, 0.3) is 17.1 Å². The normalized spacial score (nSPS) is 11.1. The molecule has 0 atom stereocenters. The van der Waals surface area contributed by atoms with Gasteiger partial charge in [-0.3, -0.25) is 0 Å². The van der Waals surface area contributed by atoms with E-state index in [1.54, 1.807) is 16.8 Å². The van der Waals surface area contributed by atoms with Crippen molar-refractivity contribution in [2.24, 2.45) is 0 Å². The maximum absolute atomic E-state index is 6.01. The van der Waals surface area contributed by atoms with Crippen molar-refractivity contribution in [1.29, 1.82) is 0 Å². The van der Waals surface area contributed by atoms with Gasteiger partial charge in [0.15, 0.2) is 0 Å². The van der Waals surface area contributed by atoms with Gasteiger partial charge in [-0.2, -0.15) is 9.67 Å². The number of aryl methyl sites for hydroxylation is 2. The molecule has 0 aliphatic carbocycles. The zero-order chi connectivity index (χ0) is 18.8. The quantitative estimate of drug-likeness (QED) is 0.464. The van der Waals surface area contributed by atoms with Crippen LogP contribution in [0.3, 0.4) is 0 Å². The van der Waals surface area contributed by atoms with Crippen LogP contribution in [0.4, 0.5) is 0 Å². The van der Waals surface area contributed by atoms with Crippen LogP contribution in [0.2, 0.25) is 5.02 Å². The van der Waals surface area contributed by atoms with Crippen LogP contribution >= 0.6 is 23.4 Å². The molecule has 9 heteroatoms. The van der Waals surface area contributed by atoms with Crippen LogP contribution in [0.1, 0.15) is 17.0 Å². The summed E-state index contributed by atoms with van der Waals surface area (Å²) in [6.45, 7) is 4.09. The van der Waals surface area contributed by atoms with Crippen molar-refractivity contribution in [2.75, 3.05) is 0 Å². The molecule has 27 heavy (non-hydrogen) atoms. The summed E-state index contributed by atoms with van der Waals surface area (Å²) in [7, 11) is 0. The highest BCUT2D eigenvalue weighted by molar-refractivity contribution is 7.98. The standard InChI is InChI=1S/C18H15ClN6OS/c1-11-6-7-15(12(2)8-11)25-18(21-23-24-25)27-10-16-20-17(22-26-16)13-4-3-5-14(19)9-13/h3-9H,10H2,1-2H3. The number of tetrazole rings is 1. The highest BCUT2D eigenvalue weighted by Gasteiger charge is 2.14. The van der Waals surface area contributed by atoms with Crippen molar-refractivity contribution in [2.45, 2.75) is 24.8 Å². The molecule has 0 saturated carbocycles. The molecule has 0 bridgehead atoms. The largest absolute Gasteiger partial charge is 0.338 e. The fourth-order valence-electron chi connectivity index (χ4n) is 2.65. The number of thioether (sulfide) groups is 1. The molecule has 0 aliphatic rings. The summed E-state index contributed by atoms with van der Waals surface area (Å²) in [5, 5.41) is 17.3. The summed E-state index contributed by atoms with van der Waals surface area (Å²) < 4.78 is 7.06. The fraction of sp³-hybridized carbons (Fsp3) is 0.167. The Morgan fingerprint density at radius 1 is 1.15 bits per heavy atom. The van der Waals surface area contributed by atoms with Gasteiger partial charge in [0.1, 0.15) is 0 Å². The van der Waals surface area contributed by atoms with E-state index in [9.17, 15) is 0 Å². The minimum Gasteiger partial charge on any atom is -0.338 e. The number of hydrogen-bond donors (Lipinski definition) is 0. The lowest BCUT2D eigenvalue weighted by atomic mass is 10.1. The number of hydrogen-bond acceptors (Lipinski definition) is 7. The lowest BCUT2D eigenvalue weighted by Crippen LogP contribution is -2.02. The van der Waals surface area contributed by atoms with E-state index in [2.05, 4.69) is 38.7 Å². The Morgan fingerprint density at radius 3 is 2.85 bits per heavy atom. The molecule has 2 heterocycles. The molecule has 2 aromatic carbocycles. The molecule has 0 amide bonds. The van der Waals surface area contributed by atoms with Gasteiger partial charge in [-0.25, -0.2) is 0 Å². The van der Waals surface area contributed by atoms with Gasteiger partial charge in [0.05, 0.1) is 11.4 Å². The van der Waals surface area contributed by atoms with Crippen LogP contribution < -0.4 is 0 Å². The van der Waals surface area contributed by atoms with Crippen molar-refractivity contribution in [1.82, 2.24) is 30.3 Å². The summed E-state index contributed by atoms with van der Waals surface area (Å²) in [4.78, 5) is 4.42. The number of aromatic nitrogens is 6. The third-order valence-corrected chi connectivity index (χ3v) is 5.04. The summed E-state index contributed by atoms with van der Waals surface area (Å²) in [5.74, 6) is 1.45. The average Bonchev–Trinajstić information content (AvgIpc) is 3.29. The topological polar surface area (TPSA) is 82.5 Å². The molecular weight excluding hydrogens is 384 g/mol. The molecule has 136 valence electrons. The van der Waals surface area contributed by atoms with Crippen molar-refractivity contribution in [3.05, 3.63) is 64.5 Å². The molecule has 4 aromatic rings. The lowest BCUT2D eigenvalue weighted by molar-refractivity contribution is 0.391. The van der Waals surface area contributed by atoms with E-state index in [4.69, 9.17) is 16.1 Å². The maximum atomic E-state index is 6.01. The molecule has 0 N–H and O–H groups in total. The zero-order valence-corrected chi connectivity index (χ0v) is 16.2. The minimum atomic E-state index is 0.457. The second kappa shape index (κ2) is 7.50. The minimum absolute atomic E-state index is 0.457. The van der Waals surface area contributed by atoms with Crippen LogP contribution in [-0.4, -0.2) is 30.3 Å². The van der Waals surface area contributed by atoms with Gasteiger partial charge in [0, 0.05) is 10.6 Å². The molecule has 0 saturated heterocycles. The van der Waals surface area contributed by atoms with Crippen LogP contribution in [-0.2, 0) is 5.75 Å². The molecule has 4 rings (SSSR count). The number of halogens is 1. The second-order valence-corrected chi connectivity index (χ2v) is 7.35. The number of rotatable bonds is 5. The molecule has 0 unspecified atom stereocenters. The van der Waals surface area contributed by atoms with Crippen LogP contribution in [0.15, 0.2) is 52.1 Å². The van der Waals surface area contributed by atoms with E-state index in [1.807, 2.05) is 31.2 Å². The highest BCUT2D eigenvalue weighted by atomic mass is 35.5.